The Morgan fingerprint density at radius 3 is 2.27 bits per heavy atom. The molecule has 1 aromatic carbocycles. The molecule has 0 fully saturated rings. The van der Waals surface area contributed by atoms with Crippen LogP contribution >= 0.6 is 0 Å². The zero-order chi connectivity index (χ0) is 16.9. The van der Waals surface area contributed by atoms with Gasteiger partial charge in [-0.2, -0.15) is 18.4 Å². The van der Waals surface area contributed by atoms with Gasteiger partial charge >= 0.3 is 6.18 Å². The fraction of sp³-hybridized carbons (Fsp3) is 0.357. The van der Waals surface area contributed by atoms with Gasteiger partial charge in [0.25, 0.3) is 5.91 Å². The van der Waals surface area contributed by atoms with Crippen LogP contribution in [0.25, 0.3) is 0 Å². The lowest BCUT2D eigenvalue weighted by molar-refractivity contribution is -0.137. The number of carbonyl (C=O) groups is 2. The van der Waals surface area contributed by atoms with E-state index in [4.69, 9.17) is 11.0 Å². The number of alkyl halides is 3. The summed E-state index contributed by atoms with van der Waals surface area (Å²) < 4.78 is 37.3. The molecule has 0 aromatic heterocycles. The molecule has 0 aliphatic heterocycles. The number of amides is 2. The lowest BCUT2D eigenvalue weighted by Gasteiger charge is -2.16. The maximum absolute atomic E-state index is 12.4. The molecule has 118 valence electrons. The van der Waals surface area contributed by atoms with Gasteiger partial charge in [0.1, 0.15) is 6.04 Å². The summed E-state index contributed by atoms with van der Waals surface area (Å²) in [6.07, 6.45) is -4.47. The molecule has 22 heavy (non-hydrogen) atoms. The molecule has 0 radical (unpaired) electrons. The molecular weight excluding hydrogens is 299 g/mol. The molecule has 0 saturated carbocycles. The maximum atomic E-state index is 12.4. The third-order valence-corrected chi connectivity index (χ3v) is 2.93. The molecule has 2 amide bonds. The Morgan fingerprint density at radius 1 is 1.32 bits per heavy atom. The average Bonchev–Trinajstić information content (AvgIpc) is 2.45. The second-order valence-corrected chi connectivity index (χ2v) is 4.77. The van der Waals surface area contributed by atoms with E-state index >= 15 is 0 Å². The van der Waals surface area contributed by atoms with E-state index in [0.717, 1.165) is 24.3 Å². The maximum Gasteiger partial charge on any atom is 0.416 e. The van der Waals surface area contributed by atoms with E-state index in [2.05, 4.69) is 5.32 Å². The highest BCUT2D eigenvalue weighted by Gasteiger charge is 2.30. The molecule has 0 heterocycles. The number of primary amides is 1. The predicted molar refractivity (Wildman–Crippen MR) is 71.3 cm³/mol. The Balaban J connectivity index is 2.82. The largest absolute Gasteiger partial charge is 0.416 e. The number of nitrogens with zero attached hydrogens (tertiary/aromatic N) is 1. The van der Waals surface area contributed by atoms with Crippen molar-refractivity contribution < 1.29 is 22.8 Å². The zero-order valence-electron chi connectivity index (χ0n) is 11.6. The smallest absolute Gasteiger partial charge is 0.368 e. The van der Waals surface area contributed by atoms with E-state index in [9.17, 15) is 22.8 Å². The Bertz CT molecular complexity index is 591. The third-order valence-electron chi connectivity index (χ3n) is 2.93. The number of hydrogen-bond acceptors (Lipinski definition) is 3. The first-order valence-electron chi connectivity index (χ1n) is 6.32. The van der Waals surface area contributed by atoms with Crippen molar-refractivity contribution in [3.05, 3.63) is 35.4 Å². The molecule has 0 aliphatic carbocycles. The van der Waals surface area contributed by atoms with Crippen molar-refractivity contribution in [3.8, 4) is 6.07 Å². The topological polar surface area (TPSA) is 96.0 Å². The molecule has 1 rings (SSSR count). The highest BCUT2D eigenvalue weighted by molar-refractivity contribution is 5.97. The molecule has 0 aliphatic rings. The summed E-state index contributed by atoms with van der Waals surface area (Å²) >= 11 is 0. The molecule has 5 nitrogen and oxygen atoms in total. The molecule has 8 heteroatoms. The van der Waals surface area contributed by atoms with Crippen LogP contribution < -0.4 is 11.1 Å². The molecule has 0 spiro atoms. The summed E-state index contributed by atoms with van der Waals surface area (Å²) in [5.74, 6) is -2.06. The lowest BCUT2D eigenvalue weighted by atomic mass is 10.0. The van der Waals surface area contributed by atoms with Gasteiger partial charge in [-0.05, 0) is 37.6 Å². The van der Waals surface area contributed by atoms with Crippen LogP contribution in [0.15, 0.2) is 24.3 Å². The van der Waals surface area contributed by atoms with Crippen LogP contribution in [-0.4, -0.2) is 17.9 Å². The first-order chi connectivity index (χ1) is 10.1. The Labute approximate surface area is 124 Å². The van der Waals surface area contributed by atoms with Gasteiger partial charge in [0, 0.05) is 11.5 Å². The van der Waals surface area contributed by atoms with Crippen molar-refractivity contribution in [2.24, 2.45) is 11.7 Å². The summed E-state index contributed by atoms with van der Waals surface area (Å²) in [5.41, 5.74) is 4.22. The first kappa shape index (κ1) is 17.5. The van der Waals surface area contributed by atoms with Crippen molar-refractivity contribution in [2.75, 3.05) is 0 Å². The van der Waals surface area contributed by atoms with E-state index in [1.807, 2.05) is 6.07 Å². The Hall–Kier alpha value is -2.56. The number of nitrogens with two attached hydrogens (primary N) is 1. The normalized spacial score (nSPS) is 13.8. The highest BCUT2D eigenvalue weighted by atomic mass is 19.4. The zero-order valence-corrected chi connectivity index (χ0v) is 11.6. The first-order valence-corrected chi connectivity index (χ1v) is 6.32. The second kappa shape index (κ2) is 6.93. The standard InChI is InChI=1S/C14H14F3N3O2/c1-8(7-18)6-11(12(19)21)20-13(22)9-2-4-10(5-3-9)14(15,16)17/h2-5,8,11H,6H2,1H3,(H2,19,21)(H,20,22)/t8-,11-/m0/s1. The van der Waals surface area contributed by atoms with E-state index in [-0.39, 0.29) is 12.0 Å². The molecule has 1 aromatic rings. The molecule has 0 unspecified atom stereocenters. The van der Waals surface area contributed by atoms with E-state index < -0.39 is 35.5 Å². The number of halogens is 3. The number of rotatable bonds is 5. The van der Waals surface area contributed by atoms with Gasteiger partial charge in [-0.1, -0.05) is 0 Å². The lowest BCUT2D eigenvalue weighted by Crippen LogP contribution is -2.45. The van der Waals surface area contributed by atoms with Crippen molar-refractivity contribution in [1.82, 2.24) is 5.32 Å². The van der Waals surface area contributed by atoms with Crippen LogP contribution in [0, 0.1) is 17.2 Å². The van der Waals surface area contributed by atoms with Crippen molar-refractivity contribution >= 4 is 11.8 Å². The SMILES string of the molecule is C[C@H](C#N)C[C@H](NC(=O)c1ccc(C(F)(F)F)cc1)C(N)=O. The minimum absolute atomic E-state index is 0.0260. The number of benzene rings is 1. The van der Waals surface area contributed by atoms with E-state index in [1.54, 1.807) is 6.92 Å². The molecule has 0 saturated heterocycles. The quantitative estimate of drug-likeness (QED) is 0.868. The highest BCUT2D eigenvalue weighted by Crippen LogP contribution is 2.29. The van der Waals surface area contributed by atoms with Crippen molar-refractivity contribution in [3.63, 3.8) is 0 Å². The third kappa shape index (κ3) is 4.77. The number of nitrogens with one attached hydrogen (secondary N) is 1. The van der Waals surface area contributed by atoms with Gasteiger partial charge in [0.2, 0.25) is 5.91 Å². The molecular formula is C14H14F3N3O2. The van der Waals surface area contributed by atoms with Crippen LogP contribution in [0.4, 0.5) is 13.2 Å². The minimum Gasteiger partial charge on any atom is -0.368 e. The Morgan fingerprint density at radius 2 is 1.86 bits per heavy atom. The van der Waals surface area contributed by atoms with Gasteiger partial charge in [0.05, 0.1) is 11.6 Å². The van der Waals surface area contributed by atoms with Gasteiger partial charge in [0.15, 0.2) is 0 Å². The van der Waals surface area contributed by atoms with Gasteiger partial charge < -0.3 is 11.1 Å². The fourth-order valence-electron chi connectivity index (χ4n) is 1.70. The van der Waals surface area contributed by atoms with E-state index in [0.29, 0.717) is 0 Å². The summed E-state index contributed by atoms with van der Waals surface area (Å²) in [4.78, 5) is 23.2. The second-order valence-electron chi connectivity index (χ2n) is 4.77. The van der Waals surface area contributed by atoms with Crippen LogP contribution in [0.5, 0.6) is 0 Å². The van der Waals surface area contributed by atoms with Crippen LogP contribution in [0.2, 0.25) is 0 Å². The molecule has 2 atom stereocenters. The summed E-state index contributed by atoms with van der Waals surface area (Å²) in [7, 11) is 0. The predicted octanol–water partition coefficient (Wildman–Crippen LogP) is 1.84. The van der Waals surface area contributed by atoms with Crippen molar-refractivity contribution in [2.45, 2.75) is 25.6 Å². The van der Waals surface area contributed by atoms with Crippen LogP contribution in [-0.2, 0) is 11.0 Å². The molecule has 3 N–H and O–H groups in total. The summed E-state index contributed by atoms with van der Waals surface area (Å²) in [5, 5.41) is 11.0. The summed E-state index contributed by atoms with van der Waals surface area (Å²) in [6.45, 7) is 1.56. The summed E-state index contributed by atoms with van der Waals surface area (Å²) in [6, 6.07) is 4.39. The number of hydrogen-bond donors (Lipinski definition) is 2. The number of nitriles is 1. The van der Waals surface area contributed by atoms with E-state index in [1.165, 1.54) is 0 Å². The van der Waals surface area contributed by atoms with Crippen LogP contribution in [0.1, 0.15) is 29.3 Å². The van der Waals surface area contributed by atoms with Crippen LogP contribution in [0.3, 0.4) is 0 Å². The fourth-order valence-corrected chi connectivity index (χ4v) is 1.70. The van der Waals surface area contributed by atoms with Gasteiger partial charge in [-0.3, -0.25) is 9.59 Å². The number of carbonyl (C=O) groups excluding carboxylic acids is 2. The average molecular weight is 313 g/mol. The molecule has 0 bridgehead atoms. The minimum atomic E-state index is -4.49. The van der Waals surface area contributed by atoms with Crippen molar-refractivity contribution in [1.29, 1.82) is 5.26 Å². The Kier molecular flexibility index (Phi) is 5.51. The van der Waals surface area contributed by atoms with Gasteiger partial charge in [-0.15, -0.1) is 0 Å². The monoisotopic (exact) mass is 313 g/mol. The van der Waals surface area contributed by atoms with Gasteiger partial charge in [-0.25, -0.2) is 0 Å².